The molecule has 0 bridgehead atoms. The van der Waals surface area contributed by atoms with Crippen molar-refractivity contribution in [3.05, 3.63) is 18.3 Å². The van der Waals surface area contributed by atoms with Crippen molar-refractivity contribution in [1.82, 2.24) is 9.88 Å². The van der Waals surface area contributed by atoms with E-state index in [4.69, 9.17) is 0 Å². The van der Waals surface area contributed by atoms with E-state index < -0.39 is 6.09 Å². The highest BCUT2D eigenvalue weighted by Crippen LogP contribution is 2.43. The molecule has 3 heterocycles. The minimum atomic E-state index is -0.525. The standard InChI is InChI=1S/C21H30N4O4/c1-29-20(28)23-15-3-8-18(22-13-15)24-11-2-9-21(14-24)10-12-25(19(21)27)16-4-6-17(26)7-5-16/h3,8,13,16-17,26H,2,4-7,9-12,14H2,1H3,(H,23,28)/t16-,17-,21-/m0/s1. The van der Waals surface area contributed by atoms with Crippen molar-refractivity contribution in [3.8, 4) is 0 Å². The smallest absolute Gasteiger partial charge is 0.411 e. The van der Waals surface area contributed by atoms with E-state index in [1.807, 2.05) is 6.07 Å². The minimum Gasteiger partial charge on any atom is -0.453 e. The van der Waals surface area contributed by atoms with Gasteiger partial charge >= 0.3 is 6.09 Å². The molecule has 2 N–H and O–H groups in total. The van der Waals surface area contributed by atoms with E-state index in [0.717, 1.165) is 63.9 Å². The lowest BCUT2D eigenvalue weighted by atomic mass is 9.78. The number of aromatic nitrogens is 1. The Balaban J connectivity index is 1.43. The van der Waals surface area contributed by atoms with Gasteiger partial charge < -0.3 is 19.6 Å². The van der Waals surface area contributed by atoms with Gasteiger partial charge in [-0.25, -0.2) is 9.78 Å². The number of ether oxygens (including phenoxy) is 1. The van der Waals surface area contributed by atoms with E-state index in [1.165, 1.54) is 7.11 Å². The molecule has 29 heavy (non-hydrogen) atoms. The third-order valence-corrected chi connectivity index (χ3v) is 6.73. The van der Waals surface area contributed by atoms with Gasteiger partial charge in [0.1, 0.15) is 5.82 Å². The first-order valence-electron chi connectivity index (χ1n) is 10.6. The van der Waals surface area contributed by atoms with Crippen LogP contribution in [0.1, 0.15) is 44.9 Å². The van der Waals surface area contributed by atoms with Crippen LogP contribution >= 0.6 is 0 Å². The van der Waals surface area contributed by atoms with E-state index in [-0.39, 0.29) is 23.5 Å². The Morgan fingerprint density at radius 1 is 1.24 bits per heavy atom. The summed E-state index contributed by atoms with van der Waals surface area (Å²) in [4.78, 5) is 33.5. The van der Waals surface area contributed by atoms with Crippen LogP contribution in [0.2, 0.25) is 0 Å². The summed E-state index contributed by atoms with van der Waals surface area (Å²) in [5, 5.41) is 12.4. The van der Waals surface area contributed by atoms with Gasteiger partial charge in [-0.2, -0.15) is 0 Å². The summed E-state index contributed by atoms with van der Waals surface area (Å²) >= 11 is 0. The Kier molecular flexibility index (Phi) is 5.63. The van der Waals surface area contributed by atoms with Crippen molar-refractivity contribution in [2.24, 2.45) is 5.41 Å². The van der Waals surface area contributed by atoms with E-state index in [2.05, 4.69) is 24.8 Å². The fourth-order valence-electron chi connectivity index (χ4n) is 5.09. The topological polar surface area (TPSA) is 95.0 Å². The zero-order valence-electron chi connectivity index (χ0n) is 17.0. The van der Waals surface area contributed by atoms with Gasteiger partial charge in [0.05, 0.1) is 30.5 Å². The normalized spacial score (nSPS) is 29.9. The highest BCUT2D eigenvalue weighted by Gasteiger charge is 2.50. The third-order valence-electron chi connectivity index (χ3n) is 6.73. The largest absolute Gasteiger partial charge is 0.453 e. The molecule has 8 nitrogen and oxygen atoms in total. The van der Waals surface area contributed by atoms with Crippen molar-refractivity contribution in [1.29, 1.82) is 0 Å². The monoisotopic (exact) mass is 402 g/mol. The summed E-state index contributed by atoms with van der Waals surface area (Å²) < 4.78 is 4.60. The number of aliphatic hydroxyl groups is 1. The van der Waals surface area contributed by atoms with Gasteiger partial charge in [-0.1, -0.05) is 0 Å². The van der Waals surface area contributed by atoms with Crippen molar-refractivity contribution in [3.63, 3.8) is 0 Å². The van der Waals surface area contributed by atoms with Crippen LogP contribution in [0.3, 0.4) is 0 Å². The SMILES string of the molecule is COC(=O)Nc1ccc(N2CCC[C@]3(CCN([C@H]4CC[C@H](O)CC4)C3=O)C2)nc1. The highest BCUT2D eigenvalue weighted by molar-refractivity contribution is 5.86. The average Bonchev–Trinajstić information content (AvgIpc) is 3.04. The molecule has 158 valence electrons. The van der Waals surface area contributed by atoms with E-state index in [1.54, 1.807) is 12.3 Å². The van der Waals surface area contributed by atoms with Crippen LogP contribution in [0.25, 0.3) is 0 Å². The van der Waals surface area contributed by atoms with Crippen LogP contribution in [0, 0.1) is 5.41 Å². The van der Waals surface area contributed by atoms with Crippen LogP contribution in [0.5, 0.6) is 0 Å². The Morgan fingerprint density at radius 3 is 2.72 bits per heavy atom. The molecule has 1 atom stereocenters. The number of hydrogen-bond donors (Lipinski definition) is 2. The predicted molar refractivity (Wildman–Crippen MR) is 109 cm³/mol. The second-order valence-corrected chi connectivity index (χ2v) is 8.54. The van der Waals surface area contributed by atoms with Gasteiger partial charge in [0.25, 0.3) is 0 Å². The summed E-state index contributed by atoms with van der Waals surface area (Å²) in [6.45, 7) is 2.39. The summed E-state index contributed by atoms with van der Waals surface area (Å²) in [5.41, 5.74) is 0.258. The Labute approximate surface area is 171 Å². The van der Waals surface area contributed by atoms with Crippen molar-refractivity contribution in [2.45, 2.75) is 57.1 Å². The number of anilines is 2. The van der Waals surface area contributed by atoms with Crippen LogP contribution in [-0.4, -0.2) is 65.9 Å². The maximum atomic E-state index is 13.4. The number of aliphatic hydroxyl groups excluding tert-OH is 1. The fourth-order valence-corrected chi connectivity index (χ4v) is 5.09. The molecule has 1 aliphatic carbocycles. The first-order chi connectivity index (χ1) is 14.0. The van der Waals surface area contributed by atoms with Crippen molar-refractivity contribution < 1.29 is 19.4 Å². The zero-order chi connectivity index (χ0) is 20.4. The second kappa shape index (κ2) is 8.18. The predicted octanol–water partition coefficient (Wildman–Crippen LogP) is 2.38. The zero-order valence-corrected chi connectivity index (χ0v) is 17.0. The number of hydrogen-bond acceptors (Lipinski definition) is 6. The number of methoxy groups -OCH3 is 1. The van der Waals surface area contributed by atoms with Crippen LogP contribution in [0.15, 0.2) is 18.3 Å². The lowest BCUT2D eigenvalue weighted by molar-refractivity contribution is -0.139. The van der Waals surface area contributed by atoms with Crippen LogP contribution in [-0.2, 0) is 9.53 Å². The summed E-state index contributed by atoms with van der Waals surface area (Å²) in [5.74, 6) is 1.11. The number of carbonyl (C=O) groups is 2. The number of likely N-dealkylation sites (tertiary alicyclic amines) is 1. The van der Waals surface area contributed by atoms with E-state index >= 15 is 0 Å². The Morgan fingerprint density at radius 2 is 2.03 bits per heavy atom. The van der Waals surface area contributed by atoms with Crippen LogP contribution < -0.4 is 10.2 Å². The molecule has 0 aromatic carbocycles. The van der Waals surface area contributed by atoms with Gasteiger partial charge in [0.2, 0.25) is 5.91 Å². The quantitative estimate of drug-likeness (QED) is 0.806. The molecular weight excluding hydrogens is 372 g/mol. The Bertz CT molecular complexity index is 748. The molecule has 1 aromatic heterocycles. The molecule has 3 aliphatic rings. The van der Waals surface area contributed by atoms with Gasteiger partial charge in [-0.05, 0) is 57.1 Å². The fraction of sp³-hybridized carbons (Fsp3) is 0.667. The molecule has 0 unspecified atom stereocenters. The van der Waals surface area contributed by atoms with Gasteiger partial charge in [0.15, 0.2) is 0 Å². The Hall–Kier alpha value is -2.35. The number of nitrogens with zero attached hydrogens (tertiary/aromatic N) is 3. The number of piperidine rings is 1. The highest BCUT2D eigenvalue weighted by atomic mass is 16.5. The number of nitrogens with one attached hydrogen (secondary N) is 1. The minimum absolute atomic E-state index is 0.203. The maximum Gasteiger partial charge on any atom is 0.411 e. The number of pyridine rings is 1. The van der Waals surface area contributed by atoms with Crippen molar-refractivity contribution in [2.75, 3.05) is 37.0 Å². The third kappa shape index (κ3) is 4.03. The maximum absolute atomic E-state index is 13.4. The van der Waals surface area contributed by atoms with Crippen LogP contribution in [0.4, 0.5) is 16.3 Å². The van der Waals surface area contributed by atoms with E-state index in [9.17, 15) is 14.7 Å². The molecule has 0 radical (unpaired) electrons. The molecule has 8 heteroatoms. The lowest BCUT2D eigenvalue weighted by Gasteiger charge is -2.41. The molecule has 1 spiro atoms. The van der Waals surface area contributed by atoms with Gasteiger partial charge in [-0.15, -0.1) is 0 Å². The molecule has 2 aliphatic heterocycles. The first-order valence-corrected chi connectivity index (χ1v) is 10.6. The summed E-state index contributed by atoms with van der Waals surface area (Å²) in [6, 6.07) is 3.96. The number of amides is 2. The second-order valence-electron chi connectivity index (χ2n) is 8.54. The summed E-state index contributed by atoms with van der Waals surface area (Å²) in [7, 11) is 1.32. The molecule has 3 fully saturated rings. The molecule has 1 saturated carbocycles. The van der Waals surface area contributed by atoms with E-state index in [0.29, 0.717) is 12.2 Å². The average molecular weight is 402 g/mol. The van der Waals surface area contributed by atoms with Crippen molar-refractivity contribution >= 4 is 23.5 Å². The number of carbonyl (C=O) groups excluding carboxylic acids is 2. The summed E-state index contributed by atoms with van der Waals surface area (Å²) in [6.07, 6.45) is 7.07. The number of rotatable bonds is 3. The van der Waals surface area contributed by atoms with Gasteiger partial charge in [0, 0.05) is 25.7 Å². The lowest BCUT2D eigenvalue weighted by Crippen LogP contribution is -2.50. The molecular formula is C21H30N4O4. The molecule has 2 saturated heterocycles. The van der Waals surface area contributed by atoms with Gasteiger partial charge in [-0.3, -0.25) is 10.1 Å². The molecule has 4 rings (SSSR count). The first kappa shape index (κ1) is 19.9. The molecule has 2 amide bonds. The molecule has 1 aromatic rings.